The molecule has 0 aliphatic carbocycles. The molecule has 0 bridgehead atoms. The zero-order chi connectivity index (χ0) is 20.2. The van der Waals surface area contributed by atoms with Gasteiger partial charge in [0.25, 0.3) is 0 Å². The van der Waals surface area contributed by atoms with E-state index in [9.17, 15) is 9.59 Å². The van der Waals surface area contributed by atoms with Gasteiger partial charge in [0.1, 0.15) is 24.7 Å². The van der Waals surface area contributed by atoms with Crippen LogP contribution in [-0.4, -0.2) is 61.8 Å². The van der Waals surface area contributed by atoms with Crippen LogP contribution in [0.2, 0.25) is 0 Å². The maximum Gasteiger partial charge on any atom is 0.335 e. The number of ether oxygens (including phenoxy) is 4. The molecule has 0 aliphatic heterocycles. The Labute approximate surface area is 162 Å². The summed E-state index contributed by atoms with van der Waals surface area (Å²) in [6.07, 6.45) is 0. The molecule has 0 atom stereocenters. The van der Waals surface area contributed by atoms with Gasteiger partial charge in [-0.15, -0.1) is 0 Å². The molecule has 0 aliphatic rings. The van der Waals surface area contributed by atoms with Gasteiger partial charge in [-0.25, -0.2) is 9.59 Å². The van der Waals surface area contributed by atoms with E-state index in [1.807, 2.05) is 0 Å². The Morgan fingerprint density at radius 3 is 1.43 bits per heavy atom. The second-order valence-electron chi connectivity index (χ2n) is 5.59. The lowest BCUT2D eigenvalue weighted by Crippen LogP contribution is -2.13. The Morgan fingerprint density at radius 1 is 0.643 bits per heavy atom. The summed E-state index contributed by atoms with van der Waals surface area (Å²) in [6.45, 7) is 2.05. The maximum absolute atomic E-state index is 10.9. The van der Waals surface area contributed by atoms with Gasteiger partial charge in [-0.05, 0) is 36.4 Å². The molecule has 8 nitrogen and oxygen atoms in total. The van der Waals surface area contributed by atoms with Crippen molar-refractivity contribution in [2.75, 3.05) is 39.6 Å². The first-order valence-electron chi connectivity index (χ1n) is 8.64. The van der Waals surface area contributed by atoms with E-state index in [1.54, 1.807) is 24.3 Å². The van der Waals surface area contributed by atoms with Crippen molar-refractivity contribution in [1.82, 2.24) is 0 Å². The minimum atomic E-state index is -1.00. The van der Waals surface area contributed by atoms with E-state index in [4.69, 9.17) is 29.2 Å². The van der Waals surface area contributed by atoms with Crippen LogP contribution in [0.5, 0.6) is 11.5 Å². The molecule has 150 valence electrons. The number of carbonyl (C=O) groups is 2. The molecule has 0 heterocycles. The fraction of sp³-hybridized carbons (Fsp3) is 0.300. The number of hydrogen-bond donors (Lipinski definition) is 2. The van der Waals surface area contributed by atoms with Crippen LogP contribution in [0.15, 0.2) is 48.5 Å². The fourth-order valence-electron chi connectivity index (χ4n) is 2.20. The van der Waals surface area contributed by atoms with E-state index in [2.05, 4.69) is 0 Å². The molecule has 8 heteroatoms. The highest BCUT2D eigenvalue weighted by Crippen LogP contribution is 2.14. The molecule has 0 amide bonds. The van der Waals surface area contributed by atoms with Crippen LogP contribution in [0.4, 0.5) is 0 Å². The Balaban J connectivity index is 1.49. The first-order valence-corrected chi connectivity index (χ1v) is 8.64. The largest absolute Gasteiger partial charge is 0.491 e. The summed E-state index contributed by atoms with van der Waals surface area (Å²) < 4.78 is 21.6. The Hall–Kier alpha value is -3.10. The van der Waals surface area contributed by atoms with Crippen molar-refractivity contribution >= 4 is 11.9 Å². The molecule has 2 N–H and O–H groups in total. The van der Waals surface area contributed by atoms with Gasteiger partial charge in [-0.2, -0.15) is 0 Å². The summed E-state index contributed by atoms with van der Waals surface area (Å²) in [5, 5.41) is 17.8. The van der Waals surface area contributed by atoms with Gasteiger partial charge in [0.15, 0.2) is 0 Å². The number of aromatic carboxylic acids is 2. The molecule has 0 radical (unpaired) electrons. The molecule has 0 fully saturated rings. The van der Waals surface area contributed by atoms with E-state index < -0.39 is 11.9 Å². The van der Waals surface area contributed by atoms with Gasteiger partial charge in [0, 0.05) is 0 Å². The van der Waals surface area contributed by atoms with Crippen molar-refractivity contribution in [3.63, 3.8) is 0 Å². The summed E-state index contributed by atoms with van der Waals surface area (Å²) in [5.41, 5.74) is 0.340. The van der Waals surface area contributed by atoms with E-state index in [0.717, 1.165) is 0 Å². The fourth-order valence-corrected chi connectivity index (χ4v) is 2.20. The van der Waals surface area contributed by atoms with Gasteiger partial charge in [0.05, 0.1) is 37.6 Å². The molecule has 0 spiro atoms. The van der Waals surface area contributed by atoms with E-state index >= 15 is 0 Å². The van der Waals surface area contributed by atoms with Gasteiger partial charge in [0.2, 0.25) is 0 Å². The lowest BCUT2D eigenvalue weighted by Gasteiger charge is -2.09. The van der Waals surface area contributed by atoms with Crippen LogP contribution in [0, 0.1) is 0 Å². The Bertz CT molecular complexity index is 709. The SMILES string of the molecule is O=C(O)c1cccc(OCCOCCOCCOc2cccc(C(=O)O)c2)c1. The summed E-state index contributed by atoms with van der Waals surface area (Å²) in [4.78, 5) is 21.7. The van der Waals surface area contributed by atoms with Crippen LogP contribution < -0.4 is 9.47 Å². The molecule has 2 aromatic carbocycles. The summed E-state index contributed by atoms with van der Waals surface area (Å²) in [5.74, 6) is -1.05. The van der Waals surface area contributed by atoms with Crippen LogP contribution in [0.1, 0.15) is 20.7 Å². The van der Waals surface area contributed by atoms with Crippen molar-refractivity contribution in [2.45, 2.75) is 0 Å². The third-order valence-corrected chi connectivity index (χ3v) is 3.53. The molecule has 0 saturated carbocycles. The normalized spacial score (nSPS) is 10.4. The molecule has 0 aromatic heterocycles. The predicted octanol–water partition coefficient (Wildman–Crippen LogP) is 2.57. The molecule has 28 heavy (non-hydrogen) atoms. The van der Waals surface area contributed by atoms with Crippen LogP contribution in [-0.2, 0) is 9.47 Å². The summed E-state index contributed by atoms with van der Waals surface area (Å²) in [6, 6.07) is 12.5. The molecular weight excluding hydrogens is 368 g/mol. The zero-order valence-electron chi connectivity index (χ0n) is 15.2. The van der Waals surface area contributed by atoms with Crippen molar-refractivity contribution in [3.8, 4) is 11.5 Å². The van der Waals surface area contributed by atoms with Crippen LogP contribution in [0.3, 0.4) is 0 Å². The summed E-state index contributed by atoms with van der Waals surface area (Å²) in [7, 11) is 0. The first kappa shape index (κ1) is 21.2. The molecular formula is C20H22O8. The second kappa shape index (κ2) is 11.6. The van der Waals surface area contributed by atoms with Gasteiger partial charge in [-0.1, -0.05) is 12.1 Å². The highest BCUT2D eigenvalue weighted by Gasteiger charge is 2.04. The zero-order valence-corrected chi connectivity index (χ0v) is 15.2. The van der Waals surface area contributed by atoms with Gasteiger partial charge in [-0.3, -0.25) is 0 Å². The minimum Gasteiger partial charge on any atom is -0.491 e. The second-order valence-corrected chi connectivity index (χ2v) is 5.59. The highest BCUT2D eigenvalue weighted by atomic mass is 16.6. The minimum absolute atomic E-state index is 0.170. The monoisotopic (exact) mass is 390 g/mol. The van der Waals surface area contributed by atoms with Crippen molar-refractivity contribution in [2.24, 2.45) is 0 Å². The number of benzene rings is 2. The topological polar surface area (TPSA) is 112 Å². The number of carboxylic acid groups (broad SMARTS) is 2. The Morgan fingerprint density at radius 2 is 1.04 bits per heavy atom. The lowest BCUT2D eigenvalue weighted by atomic mass is 10.2. The average Bonchev–Trinajstić information content (AvgIpc) is 2.69. The molecule has 2 rings (SSSR count). The van der Waals surface area contributed by atoms with Gasteiger partial charge < -0.3 is 29.2 Å². The third kappa shape index (κ3) is 7.65. The first-order chi connectivity index (χ1) is 13.6. The molecule has 0 unspecified atom stereocenters. The van der Waals surface area contributed by atoms with Gasteiger partial charge >= 0.3 is 11.9 Å². The number of rotatable bonds is 13. The Kier molecular flexibility index (Phi) is 8.77. The average molecular weight is 390 g/mol. The van der Waals surface area contributed by atoms with Crippen LogP contribution >= 0.6 is 0 Å². The van der Waals surface area contributed by atoms with E-state index in [0.29, 0.717) is 51.1 Å². The molecule has 2 aromatic rings. The smallest absolute Gasteiger partial charge is 0.335 e. The van der Waals surface area contributed by atoms with Crippen molar-refractivity contribution in [3.05, 3.63) is 59.7 Å². The van der Waals surface area contributed by atoms with Crippen molar-refractivity contribution < 1.29 is 38.7 Å². The van der Waals surface area contributed by atoms with E-state index in [-0.39, 0.29) is 11.1 Å². The quantitative estimate of drug-likeness (QED) is 0.502. The third-order valence-electron chi connectivity index (χ3n) is 3.53. The highest BCUT2D eigenvalue weighted by molar-refractivity contribution is 5.88. The lowest BCUT2D eigenvalue weighted by molar-refractivity contribution is 0.0273. The van der Waals surface area contributed by atoms with E-state index in [1.165, 1.54) is 24.3 Å². The summed E-state index contributed by atoms with van der Waals surface area (Å²) >= 11 is 0. The number of hydrogen-bond acceptors (Lipinski definition) is 6. The van der Waals surface area contributed by atoms with Crippen molar-refractivity contribution in [1.29, 1.82) is 0 Å². The van der Waals surface area contributed by atoms with Crippen LogP contribution in [0.25, 0.3) is 0 Å². The maximum atomic E-state index is 10.9. The molecule has 0 saturated heterocycles. The number of carboxylic acids is 2. The standard InChI is InChI=1S/C20H22O8/c21-19(22)15-3-1-5-17(13-15)27-11-9-25-7-8-26-10-12-28-18-6-2-4-16(14-18)20(23)24/h1-6,13-14H,7-12H2,(H,21,22)(H,23,24). The predicted molar refractivity (Wildman–Crippen MR) is 99.4 cm³/mol.